The first-order valence-electron chi connectivity index (χ1n) is 5.35. The molecule has 78 valence electrons. The highest BCUT2D eigenvalue weighted by Crippen LogP contribution is 2.50. The summed E-state index contributed by atoms with van der Waals surface area (Å²) in [5, 5.41) is 11.7. The van der Waals surface area contributed by atoms with Crippen molar-refractivity contribution in [2.24, 2.45) is 0 Å². The van der Waals surface area contributed by atoms with Gasteiger partial charge in [-0.25, -0.2) is 0 Å². The van der Waals surface area contributed by atoms with E-state index in [4.69, 9.17) is 0 Å². The van der Waals surface area contributed by atoms with Gasteiger partial charge < -0.3 is 0 Å². The van der Waals surface area contributed by atoms with Gasteiger partial charge in [-0.2, -0.15) is 5.26 Å². The van der Waals surface area contributed by atoms with Crippen molar-refractivity contribution in [1.82, 2.24) is 0 Å². The maximum Gasteiger partial charge on any atom is 0.0830 e. The molecule has 0 atom stereocenters. The summed E-state index contributed by atoms with van der Waals surface area (Å²) in [4.78, 5) is 0. The molecule has 1 aliphatic rings. The van der Waals surface area contributed by atoms with Gasteiger partial charge in [0, 0.05) is 4.47 Å². The van der Waals surface area contributed by atoms with Gasteiger partial charge in [-0.05, 0) is 41.3 Å². The SMILES string of the molecule is N#CC1(c2cc(Br)cc3ccccc23)CC1. The molecule has 1 aliphatic carbocycles. The maximum atomic E-state index is 9.30. The summed E-state index contributed by atoms with van der Waals surface area (Å²) in [6.45, 7) is 0. The van der Waals surface area contributed by atoms with Gasteiger partial charge in [-0.15, -0.1) is 0 Å². The number of benzene rings is 2. The molecule has 1 nitrogen and oxygen atoms in total. The molecule has 0 saturated heterocycles. The van der Waals surface area contributed by atoms with Crippen LogP contribution in [0.15, 0.2) is 40.9 Å². The summed E-state index contributed by atoms with van der Waals surface area (Å²) in [5.74, 6) is 0. The average Bonchev–Trinajstić information content (AvgIpc) is 3.08. The normalized spacial score (nSPS) is 17.0. The second-order valence-electron chi connectivity index (χ2n) is 4.37. The van der Waals surface area contributed by atoms with Crippen LogP contribution in [0.2, 0.25) is 0 Å². The molecular weight excluding hydrogens is 262 g/mol. The molecule has 0 spiro atoms. The zero-order valence-electron chi connectivity index (χ0n) is 8.70. The Balaban J connectivity index is 2.36. The topological polar surface area (TPSA) is 23.8 Å². The van der Waals surface area contributed by atoms with Gasteiger partial charge in [0.2, 0.25) is 0 Å². The Labute approximate surface area is 103 Å². The fourth-order valence-electron chi connectivity index (χ4n) is 2.24. The molecule has 2 aromatic rings. The monoisotopic (exact) mass is 271 g/mol. The highest BCUT2D eigenvalue weighted by atomic mass is 79.9. The second-order valence-corrected chi connectivity index (χ2v) is 5.28. The average molecular weight is 272 g/mol. The van der Waals surface area contributed by atoms with Crippen LogP contribution in [-0.2, 0) is 5.41 Å². The Kier molecular flexibility index (Phi) is 2.05. The molecule has 1 fully saturated rings. The lowest BCUT2D eigenvalue weighted by Gasteiger charge is -2.11. The van der Waals surface area contributed by atoms with Crippen molar-refractivity contribution in [3.8, 4) is 6.07 Å². The van der Waals surface area contributed by atoms with Gasteiger partial charge in [-0.3, -0.25) is 0 Å². The zero-order valence-corrected chi connectivity index (χ0v) is 10.3. The van der Waals surface area contributed by atoms with Gasteiger partial charge in [0.1, 0.15) is 0 Å². The quantitative estimate of drug-likeness (QED) is 0.764. The van der Waals surface area contributed by atoms with Gasteiger partial charge in [0.05, 0.1) is 11.5 Å². The number of fused-ring (bicyclic) bond motifs is 1. The van der Waals surface area contributed by atoms with Crippen molar-refractivity contribution in [3.05, 3.63) is 46.4 Å². The Morgan fingerprint density at radius 3 is 2.62 bits per heavy atom. The third kappa shape index (κ3) is 1.36. The first-order valence-corrected chi connectivity index (χ1v) is 6.14. The molecule has 3 rings (SSSR count). The third-order valence-corrected chi connectivity index (χ3v) is 3.76. The fourth-order valence-corrected chi connectivity index (χ4v) is 2.71. The summed E-state index contributed by atoms with van der Waals surface area (Å²) in [5.41, 5.74) is 0.962. The number of nitriles is 1. The van der Waals surface area contributed by atoms with Crippen molar-refractivity contribution < 1.29 is 0 Å². The highest BCUT2D eigenvalue weighted by molar-refractivity contribution is 9.10. The van der Waals surface area contributed by atoms with Crippen LogP contribution in [-0.4, -0.2) is 0 Å². The van der Waals surface area contributed by atoms with Crippen LogP contribution in [0.4, 0.5) is 0 Å². The standard InChI is InChI=1S/C14H10BrN/c15-11-7-10-3-1-2-4-12(10)13(8-11)14(9-16)5-6-14/h1-4,7-8H,5-6H2. The van der Waals surface area contributed by atoms with Crippen molar-refractivity contribution >= 4 is 26.7 Å². The van der Waals surface area contributed by atoms with Gasteiger partial charge in [0.15, 0.2) is 0 Å². The molecular formula is C14H10BrN. The van der Waals surface area contributed by atoms with E-state index >= 15 is 0 Å². The second kappa shape index (κ2) is 3.33. The summed E-state index contributed by atoms with van der Waals surface area (Å²) in [6, 6.07) is 14.9. The first kappa shape index (κ1) is 9.86. The summed E-state index contributed by atoms with van der Waals surface area (Å²) in [7, 11) is 0. The summed E-state index contributed by atoms with van der Waals surface area (Å²) < 4.78 is 1.06. The minimum absolute atomic E-state index is 0.219. The largest absolute Gasteiger partial charge is 0.197 e. The molecule has 2 aromatic carbocycles. The summed E-state index contributed by atoms with van der Waals surface area (Å²) >= 11 is 3.52. The Bertz CT molecular complexity index is 606. The predicted octanol–water partition coefficient (Wildman–Crippen LogP) is 4.16. The molecule has 0 bridgehead atoms. The lowest BCUT2D eigenvalue weighted by atomic mass is 9.92. The number of rotatable bonds is 1. The molecule has 0 aromatic heterocycles. The fraction of sp³-hybridized carbons (Fsp3) is 0.214. The van der Waals surface area contributed by atoms with Crippen molar-refractivity contribution in [2.45, 2.75) is 18.3 Å². The van der Waals surface area contributed by atoms with E-state index in [-0.39, 0.29) is 5.41 Å². The van der Waals surface area contributed by atoms with E-state index in [0.717, 1.165) is 17.3 Å². The molecule has 16 heavy (non-hydrogen) atoms. The lowest BCUT2D eigenvalue weighted by Crippen LogP contribution is -2.03. The Hall–Kier alpha value is -1.33. The van der Waals surface area contributed by atoms with Crippen molar-refractivity contribution in [1.29, 1.82) is 5.26 Å². The number of halogens is 1. The third-order valence-electron chi connectivity index (χ3n) is 3.31. The van der Waals surface area contributed by atoms with Crippen molar-refractivity contribution in [3.63, 3.8) is 0 Å². The lowest BCUT2D eigenvalue weighted by molar-refractivity contribution is 0.919. The summed E-state index contributed by atoms with van der Waals surface area (Å²) in [6.07, 6.45) is 1.98. The van der Waals surface area contributed by atoms with Crippen molar-refractivity contribution in [2.75, 3.05) is 0 Å². The number of nitrogens with zero attached hydrogens (tertiary/aromatic N) is 1. The minimum Gasteiger partial charge on any atom is -0.197 e. The van der Waals surface area contributed by atoms with E-state index in [1.165, 1.54) is 16.3 Å². The zero-order chi connectivity index (χ0) is 11.2. The molecule has 0 unspecified atom stereocenters. The minimum atomic E-state index is -0.219. The predicted molar refractivity (Wildman–Crippen MR) is 68.2 cm³/mol. The van der Waals surface area contributed by atoms with Crippen LogP contribution in [0.3, 0.4) is 0 Å². The van der Waals surface area contributed by atoms with E-state index < -0.39 is 0 Å². The maximum absolute atomic E-state index is 9.30. The van der Waals surface area contributed by atoms with E-state index in [2.05, 4.69) is 46.3 Å². The van der Waals surface area contributed by atoms with Crippen LogP contribution >= 0.6 is 15.9 Å². The molecule has 0 heterocycles. The van der Waals surface area contributed by atoms with Gasteiger partial charge >= 0.3 is 0 Å². The molecule has 1 saturated carbocycles. The molecule has 2 heteroatoms. The van der Waals surface area contributed by atoms with Gasteiger partial charge in [0.25, 0.3) is 0 Å². The first-order chi connectivity index (χ1) is 7.75. The van der Waals surface area contributed by atoms with Crippen LogP contribution in [0.5, 0.6) is 0 Å². The van der Waals surface area contributed by atoms with Gasteiger partial charge in [-0.1, -0.05) is 40.2 Å². The van der Waals surface area contributed by atoms with E-state index in [9.17, 15) is 5.26 Å². The number of hydrogen-bond donors (Lipinski definition) is 0. The smallest absolute Gasteiger partial charge is 0.0830 e. The van der Waals surface area contributed by atoms with E-state index in [0.29, 0.717) is 0 Å². The Morgan fingerprint density at radius 1 is 1.19 bits per heavy atom. The van der Waals surface area contributed by atoms with Crippen LogP contribution in [0.25, 0.3) is 10.8 Å². The Morgan fingerprint density at radius 2 is 1.94 bits per heavy atom. The number of hydrogen-bond acceptors (Lipinski definition) is 1. The molecule has 0 radical (unpaired) electrons. The van der Waals surface area contributed by atoms with Crippen LogP contribution in [0, 0.1) is 11.3 Å². The molecule has 0 N–H and O–H groups in total. The highest BCUT2D eigenvalue weighted by Gasteiger charge is 2.45. The van der Waals surface area contributed by atoms with Crippen LogP contribution < -0.4 is 0 Å². The van der Waals surface area contributed by atoms with E-state index in [1.54, 1.807) is 0 Å². The molecule has 0 aliphatic heterocycles. The molecule has 0 amide bonds. The van der Waals surface area contributed by atoms with E-state index in [1.807, 2.05) is 12.1 Å². The van der Waals surface area contributed by atoms with Crippen LogP contribution in [0.1, 0.15) is 18.4 Å².